The third-order valence-electron chi connectivity index (χ3n) is 13.2. The zero-order valence-corrected chi connectivity index (χ0v) is 53.5. The Bertz CT molecular complexity index is 3750. The van der Waals surface area contributed by atoms with Gasteiger partial charge in [-0.1, -0.05) is 39.3 Å². The van der Waals surface area contributed by atoms with E-state index in [2.05, 4.69) is 74.5 Å². The average molecular weight is 1250 g/mol. The predicted octanol–water partition coefficient (Wildman–Crippen LogP) is 11.6. The molecule has 0 spiro atoms. The van der Waals surface area contributed by atoms with E-state index in [1.54, 1.807) is 43.0 Å². The van der Waals surface area contributed by atoms with Crippen LogP contribution >= 0.6 is 0 Å². The van der Waals surface area contributed by atoms with Crippen molar-refractivity contribution in [2.45, 2.75) is 169 Å². The number of carboxylic acid groups (broad SMARTS) is 1. The third-order valence-corrected chi connectivity index (χ3v) is 16.6. The highest BCUT2D eigenvalue weighted by Gasteiger charge is 2.27. The van der Waals surface area contributed by atoms with E-state index in [4.69, 9.17) is 34.4 Å². The number of halogens is 4. The molecule has 28 heteroatoms. The molecule has 2 aromatic carbocycles. The smallest absolute Gasteiger partial charge is 0.387 e. The molecule has 0 saturated carbocycles. The minimum atomic E-state index is -3.01. The number of hydrogen-bond donors (Lipinski definition) is 3. The Morgan fingerprint density at radius 1 is 0.621 bits per heavy atom. The second-order valence-electron chi connectivity index (χ2n) is 25.4. The van der Waals surface area contributed by atoms with Crippen molar-refractivity contribution in [2.24, 2.45) is 0 Å². The molecule has 0 unspecified atom stereocenters. The number of rotatable bonds is 26. The molecule has 0 aliphatic heterocycles. The van der Waals surface area contributed by atoms with E-state index in [9.17, 15) is 36.7 Å². The maximum atomic E-state index is 13.4. The second-order valence-corrected chi connectivity index (χ2v) is 36.7. The van der Waals surface area contributed by atoms with Gasteiger partial charge in [0.2, 0.25) is 0 Å². The molecule has 0 atom stereocenters. The number of carboxylic acids is 1. The number of esters is 1. The first-order chi connectivity index (χ1) is 40.8. The number of fused-ring (bicyclic) bond motifs is 4. The number of benzene rings is 2. The van der Waals surface area contributed by atoms with Crippen molar-refractivity contribution in [3.63, 3.8) is 0 Å². The van der Waals surface area contributed by atoms with Crippen LogP contribution in [0.15, 0.2) is 61.2 Å². The van der Waals surface area contributed by atoms with E-state index < -0.39 is 46.4 Å². The van der Waals surface area contributed by atoms with Gasteiger partial charge in [-0.3, -0.25) is 28.5 Å². The van der Waals surface area contributed by atoms with Gasteiger partial charge in [0.15, 0.2) is 11.3 Å². The fourth-order valence-corrected chi connectivity index (χ4v) is 10.5. The highest BCUT2D eigenvalue weighted by atomic mass is 28.3. The average Bonchev–Trinajstić information content (AvgIpc) is 1.73. The molecule has 0 bridgehead atoms. The highest BCUT2D eigenvalue weighted by Crippen LogP contribution is 2.35. The van der Waals surface area contributed by atoms with Crippen molar-refractivity contribution in [3.8, 4) is 34.3 Å². The molecule has 0 aliphatic carbocycles. The van der Waals surface area contributed by atoms with E-state index in [1.165, 1.54) is 43.8 Å². The quantitative estimate of drug-likeness (QED) is 0.0197. The number of amides is 2. The largest absolute Gasteiger partial charge is 0.481 e. The van der Waals surface area contributed by atoms with Crippen LogP contribution < -0.4 is 20.1 Å². The Morgan fingerprint density at radius 2 is 1.02 bits per heavy atom. The number of nitrogens with one attached hydrogen (secondary N) is 2. The van der Waals surface area contributed by atoms with Gasteiger partial charge in [-0.05, 0) is 103 Å². The number of aromatic nitrogens is 10. The minimum Gasteiger partial charge on any atom is -0.481 e. The molecule has 22 nitrogen and oxygen atoms in total. The summed E-state index contributed by atoms with van der Waals surface area (Å²) in [4.78, 5) is 68.4. The first-order valence-corrected chi connectivity index (χ1v) is 35.9. The standard InChI is InChI=1S/C30H40F2N6O5Si.C29H38F2N6O5Si/c1-30(2,3)35-28(40)21-17-37(18-42-13-14-44(5,6)7)27-26(21)34-22(16-33-27)25-20-15-19(43-29(31)32)10-11-23(20)38(36-25)12-8-9-24(39)41-4;1-29(2,3)34-27(40)20-16-36(17-41-12-13-43(4,5)6)26-25(20)33-21(15-32-26)24-19-14-18(42-28(30)31)9-10-22(19)37(35-24)11-7-8-23(38)39/h10-11,15-17,29H,8-9,12-14,18H2,1-7H3,(H,35,40);9-10,14-16,28H,7-8,11-13,17H2,1-6H3,(H,34,40)(H,38,39). The van der Waals surface area contributed by atoms with Gasteiger partial charge in [0.05, 0.1) is 41.7 Å². The molecule has 0 aliphatic rings. The Kier molecular flexibility index (Phi) is 21.4. The van der Waals surface area contributed by atoms with Crippen molar-refractivity contribution in [2.75, 3.05) is 20.3 Å². The van der Waals surface area contributed by atoms with E-state index in [0.717, 1.165) is 12.1 Å². The van der Waals surface area contributed by atoms with E-state index in [0.29, 0.717) is 111 Å². The lowest BCUT2D eigenvalue weighted by Gasteiger charge is -2.20. The summed E-state index contributed by atoms with van der Waals surface area (Å²) in [6, 6.07) is 10.9. The predicted molar refractivity (Wildman–Crippen MR) is 327 cm³/mol. The zero-order chi connectivity index (χ0) is 63.8. The number of aryl methyl sites for hydroxylation is 2. The molecule has 6 aromatic heterocycles. The summed E-state index contributed by atoms with van der Waals surface area (Å²) in [5.74, 6) is -2.03. The number of carbonyl (C=O) groups is 4. The van der Waals surface area contributed by atoms with Crippen molar-refractivity contribution in [1.82, 2.24) is 59.3 Å². The molecule has 0 saturated heterocycles. The van der Waals surface area contributed by atoms with Gasteiger partial charge in [0, 0.05) is 89.5 Å². The Morgan fingerprint density at radius 3 is 1.38 bits per heavy atom. The van der Waals surface area contributed by atoms with Crippen LogP contribution in [0.2, 0.25) is 51.4 Å². The molecule has 87 heavy (non-hydrogen) atoms. The fourth-order valence-electron chi connectivity index (χ4n) is 9.00. The van der Waals surface area contributed by atoms with Gasteiger partial charge < -0.3 is 48.6 Å². The SMILES string of the molecule is CC(C)(C)NC(=O)c1cn(COCC[Si](C)(C)C)c2ncc(-c3nn(CCCC(=O)O)c4ccc(OC(F)F)cc34)nc12.COC(=O)CCCn1nc(-c2cnc3c(n2)c(C(=O)NC(C)(C)C)cn3COCC[Si](C)(C)C)c2cc(OC(F)F)ccc21. The first kappa shape index (κ1) is 66.7. The number of aliphatic carboxylic acids is 1. The molecule has 470 valence electrons. The van der Waals surface area contributed by atoms with Gasteiger partial charge in [0.1, 0.15) is 58.8 Å². The van der Waals surface area contributed by atoms with E-state index in [1.807, 2.05) is 41.5 Å². The maximum Gasteiger partial charge on any atom is 0.387 e. The lowest BCUT2D eigenvalue weighted by atomic mass is 10.1. The van der Waals surface area contributed by atoms with Crippen molar-refractivity contribution in [1.29, 1.82) is 0 Å². The number of methoxy groups -OCH3 is 1. The molecule has 0 radical (unpaired) electrons. The molecular formula is C59H78F4N12O10Si2. The molecule has 6 heterocycles. The summed E-state index contributed by atoms with van der Waals surface area (Å²) in [5, 5.41) is 25.4. The normalized spacial score (nSPS) is 12.4. The zero-order valence-electron chi connectivity index (χ0n) is 51.5. The van der Waals surface area contributed by atoms with Crippen LogP contribution in [0, 0.1) is 0 Å². The molecule has 3 N–H and O–H groups in total. The number of hydrogen-bond acceptors (Lipinski definition) is 15. The number of carbonyl (C=O) groups excluding carboxylic acids is 3. The van der Waals surface area contributed by atoms with Gasteiger partial charge in [0.25, 0.3) is 11.8 Å². The van der Waals surface area contributed by atoms with Crippen molar-refractivity contribution in [3.05, 3.63) is 72.3 Å². The summed E-state index contributed by atoms with van der Waals surface area (Å²) in [7, 11) is -1.26. The second kappa shape index (κ2) is 27.9. The van der Waals surface area contributed by atoms with Gasteiger partial charge >= 0.3 is 25.2 Å². The fraction of sp³-hybridized carbons (Fsp3) is 0.492. The monoisotopic (exact) mass is 1250 g/mol. The molecule has 8 aromatic rings. The number of ether oxygens (including phenoxy) is 5. The Labute approximate surface area is 503 Å². The minimum absolute atomic E-state index is 0.0382. The van der Waals surface area contributed by atoms with Crippen molar-refractivity contribution < 1.29 is 65.5 Å². The molecule has 8 rings (SSSR count). The first-order valence-electron chi connectivity index (χ1n) is 28.5. The summed E-state index contributed by atoms with van der Waals surface area (Å²) >= 11 is 0. The van der Waals surface area contributed by atoms with Gasteiger partial charge in [-0.15, -0.1) is 0 Å². The topological polar surface area (TPSA) is 256 Å². The number of alkyl halides is 4. The van der Waals surface area contributed by atoms with Crippen LogP contribution in [-0.4, -0.2) is 138 Å². The van der Waals surface area contributed by atoms with E-state index >= 15 is 0 Å². The van der Waals surface area contributed by atoms with Crippen LogP contribution in [0.3, 0.4) is 0 Å². The van der Waals surface area contributed by atoms with Gasteiger partial charge in [-0.2, -0.15) is 27.8 Å². The van der Waals surface area contributed by atoms with Gasteiger partial charge in [-0.25, -0.2) is 19.9 Å². The summed E-state index contributed by atoms with van der Waals surface area (Å²) in [6.45, 7) is 21.1. The van der Waals surface area contributed by atoms with Crippen LogP contribution in [0.25, 0.3) is 66.9 Å². The van der Waals surface area contributed by atoms with Crippen molar-refractivity contribution >= 4 is 84.0 Å². The van der Waals surface area contributed by atoms with Crippen LogP contribution in [0.5, 0.6) is 11.5 Å². The number of nitrogens with zero attached hydrogens (tertiary/aromatic N) is 10. The molecular weight excluding hydrogens is 1170 g/mol. The van der Waals surface area contributed by atoms with Crippen LogP contribution in [-0.2, 0) is 50.4 Å². The third kappa shape index (κ3) is 18.6. The molecule has 2 amide bonds. The van der Waals surface area contributed by atoms with Crippen LogP contribution in [0.1, 0.15) is 87.9 Å². The summed E-state index contributed by atoms with van der Waals surface area (Å²) in [6.07, 6.45) is 7.27. The Hall–Kier alpha value is -7.83. The van der Waals surface area contributed by atoms with Crippen LogP contribution in [0.4, 0.5) is 17.6 Å². The highest BCUT2D eigenvalue weighted by molar-refractivity contribution is 6.76. The van der Waals surface area contributed by atoms with E-state index in [-0.39, 0.29) is 62.1 Å². The summed E-state index contributed by atoms with van der Waals surface area (Å²) in [5.41, 5.74) is 3.80. The lowest BCUT2D eigenvalue weighted by molar-refractivity contribution is -0.141. The summed E-state index contributed by atoms with van der Waals surface area (Å²) < 4.78 is 84.8. The maximum absolute atomic E-state index is 13.4. The molecule has 0 fully saturated rings. The lowest BCUT2D eigenvalue weighted by Crippen LogP contribution is -2.40. The Balaban J connectivity index is 0.000000249.